The number of thiocarbonyl (C=S) groups is 1. The van der Waals surface area contributed by atoms with E-state index in [2.05, 4.69) is 55.7 Å². The highest BCUT2D eigenvalue weighted by Crippen LogP contribution is 2.37. The van der Waals surface area contributed by atoms with Crippen LogP contribution in [0.5, 0.6) is 0 Å². The van der Waals surface area contributed by atoms with E-state index in [1.165, 1.54) is 70.4 Å². The molecule has 5 heterocycles. The molecule has 1 aromatic carbocycles. The molecule has 6 nitrogen and oxygen atoms in total. The average molecular weight is 500 g/mol. The Labute approximate surface area is 217 Å². The number of morpholine rings is 1. The summed E-state index contributed by atoms with van der Waals surface area (Å²) >= 11 is 5.57. The fraction of sp³-hybridized carbons (Fsp3) is 0.750. The van der Waals surface area contributed by atoms with Gasteiger partial charge in [0.05, 0.1) is 13.2 Å². The van der Waals surface area contributed by atoms with Crippen molar-refractivity contribution in [3.05, 3.63) is 35.9 Å². The van der Waals surface area contributed by atoms with Gasteiger partial charge in [-0.2, -0.15) is 0 Å². The highest BCUT2D eigenvalue weighted by atomic mass is 32.1. The van der Waals surface area contributed by atoms with Crippen molar-refractivity contribution in [1.29, 1.82) is 0 Å². The van der Waals surface area contributed by atoms with Crippen molar-refractivity contribution in [2.75, 3.05) is 78.7 Å². The lowest BCUT2D eigenvalue weighted by Gasteiger charge is -2.51. The third-order valence-corrected chi connectivity index (χ3v) is 9.19. The van der Waals surface area contributed by atoms with Gasteiger partial charge < -0.3 is 20.3 Å². The number of piperidine rings is 4. The van der Waals surface area contributed by atoms with E-state index in [9.17, 15) is 0 Å². The van der Waals surface area contributed by atoms with E-state index in [1.807, 2.05) is 0 Å². The van der Waals surface area contributed by atoms with E-state index in [4.69, 9.17) is 17.0 Å². The summed E-state index contributed by atoms with van der Waals surface area (Å²) in [6.07, 6.45) is 6.69. The molecule has 7 heteroatoms. The first-order valence-corrected chi connectivity index (χ1v) is 14.5. The van der Waals surface area contributed by atoms with Crippen LogP contribution in [-0.4, -0.2) is 105 Å². The van der Waals surface area contributed by atoms with Crippen LogP contribution in [0.15, 0.2) is 30.3 Å². The van der Waals surface area contributed by atoms with E-state index in [0.29, 0.717) is 6.04 Å². The highest BCUT2D eigenvalue weighted by molar-refractivity contribution is 7.80. The van der Waals surface area contributed by atoms with Crippen LogP contribution in [0.1, 0.15) is 31.2 Å². The van der Waals surface area contributed by atoms with Crippen LogP contribution in [0.25, 0.3) is 0 Å². The molecule has 0 saturated carbocycles. The third-order valence-electron chi connectivity index (χ3n) is 8.90. The van der Waals surface area contributed by atoms with Gasteiger partial charge in [0.1, 0.15) is 0 Å². The zero-order valence-corrected chi connectivity index (χ0v) is 22.2. The van der Waals surface area contributed by atoms with E-state index in [1.54, 1.807) is 0 Å². The maximum atomic E-state index is 5.57. The molecule has 0 amide bonds. The van der Waals surface area contributed by atoms with Gasteiger partial charge in [-0.05, 0) is 87.3 Å². The molecule has 2 N–H and O–H groups in total. The summed E-state index contributed by atoms with van der Waals surface area (Å²) in [5.41, 5.74) is 1.51. The number of benzene rings is 1. The zero-order chi connectivity index (χ0) is 23.9. The Morgan fingerprint density at radius 3 is 2.49 bits per heavy atom. The number of likely N-dealkylation sites (tertiary alicyclic amines) is 1. The van der Waals surface area contributed by atoms with E-state index >= 15 is 0 Å². The van der Waals surface area contributed by atoms with Crippen LogP contribution in [-0.2, 0) is 11.2 Å². The molecule has 5 fully saturated rings. The Balaban J connectivity index is 0.976. The number of hydrogen-bond donors (Lipinski definition) is 2. The van der Waals surface area contributed by atoms with Crippen LogP contribution < -0.4 is 10.6 Å². The van der Waals surface area contributed by atoms with E-state index in [0.717, 1.165) is 68.8 Å². The number of fused-ring (bicyclic) bond motifs is 3. The summed E-state index contributed by atoms with van der Waals surface area (Å²) in [5, 5.41) is 7.74. The highest BCUT2D eigenvalue weighted by Gasteiger charge is 2.40. The summed E-state index contributed by atoms with van der Waals surface area (Å²) in [7, 11) is 0. The Morgan fingerprint density at radius 1 is 0.943 bits per heavy atom. The van der Waals surface area contributed by atoms with Crippen molar-refractivity contribution in [1.82, 2.24) is 25.3 Å². The summed E-state index contributed by atoms with van der Waals surface area (Å²) in [6, 6.07) is 11.7. The van der Waals surface area contributed by atoms with Gasteiger partial charge in [0.15, 0.2) is 5.11 Å². The minimum absolute atomic E-state index is 0.639. The first kappa shape index (κ1) is 25.4. The zero-order valence-electron chi connectivity index (χ0n) is 21.4. The van der Waals surface area contributed by atoms with Crippen molar-refractivity contribution in [3.8, 4) is 0 Å². The first-order valence-electron chi connectivity index (χ1n) is 14.0. The topological polar surface area (TPSA) is 43.0 Å². The second-order valence-corrected chi connectivity index (χ2v) is 11.6. The molecule has 35 heavy (non-hydrogen) atoms. The number of nitrogens with zero attached hydrogens (tertiary/aromatic N) is 3. The number of hydrogen-bond acceptors (Lipinski definition) is 5. The number of ether oxygens (including phenoxy) is 1. The van der Waals surface area contributed by atoms with E-state index < -0.39 is 0 Å². The largest absolute Gasteiger partial charge is 0.379 e. The minimum Gasteiger partial charge on any atom is -0.379 e. The summed E-state index contributed by atoms with van der Waals surface area (Å²) in [4.78, 5) is 7.96. The maximum absolute atomic E-state index is 5.57. The average Bonchev–Trinajstić information content (AvgIpc) is 2.90. The molecule has 0 aliphatic carbocycles. The molecule has 2 bridgehead atoms. The van der Waals surface area contributed by atoms with E-state index in [-0.39, 0.29) is 0 Å². The molecular formula is C28H45N5OS. The first-order chi connectivity index (χ1) is 17.2. The summed E-state index contributed by atoms with van der Waals surface area (Å²) in [6.45, 7) is 13.1. The SMILES string of the molecule is S=C(NCCN1CCOCC1)NC[C@H]1C[C@@H]2CCN1C[C@@H]2CN1CCC(Cc2ccccc2)CC1. The standard InChI is InChI=1S/C28H45N5OS/c35-28(29-9-13-31-14-16-34-17-15-31)30-20-27-19-25-8-12-33(27)22-26(25)21-32-10-6-24(7-11-32)18-23-4-2-1-3-5-23/h1-5,24-27H,6-22H2,(H2,29,30,35)/t25-,26-,27+/m0/s1. The molecule has 6 rings (SSSR count). The quantitative estimate of drug-likeness (QED) is 0.506. The normalized spacial score (nSPS) is 30.3. The lowest BCUT2D eigenvalue weighted by atomic mass is 9.75. The predicted molar refractivity (Wildman–Crippen MR) is 147 cm³/mol. The van der Waals surface area contributed by atoms with Crippen molar-refractivity contribution in [2.24, 2.45) is 17.8 Å². The van der Waals surface area contributed by atoms with Crippen molar-refractivity contribution in [2.45, 2.75) is 38.1 Å². The predicted octanol–water partition coefficient (Wildman–Crippen LogP) is 2.45. The van der Waals surface area contributed by atoms with Crippen molar-refractivity contribution in [3.63, 3.8) is 0 Å². The number of rotatable bonds is 9. The molecule has 194 valence electrons. The smallest absolute Gasteiger partial charge is 0.166 e. The molecule has 0 spiro atoms. The van der Waals surface area contributed by atoms with Crippen LogP contribution in [0.4, 0.5) is 0 Å². The fourth-order valence-corrected chi connectivity index (χ4v) is 6.93. The van der Waals surface area contributed by atoms with Gasteiger partial charge in [-0.1, -0.05) is 30.3 Å². The Bertz CT molecular complexity index is 781. The van der Waals surface area contributed by atoms with Crippen LogP contribution in [0.2, 0.25) is 0 Å². The van der Waals surface area contributed by atoms with Gasteiger partial charge in [0, 0.05) is 51.9 Å². The Hall–Kier alpha value is -1.25. The molecular weight excluding hydrogens is 454 g/mol. The Morgan fingerprint density at radius 2 is 1.74 bits per heavy atom. The summed E-state index contributed by atoms with van der Waals surface area (Å²) < 4.78 is 5.42. The Kier molecular flexibility index (Phi) is 9.30. The molecule has 1 unspecified atom stereocenters. The van der Waals surface area contributed by atoms with Crippen molar-refractivity contribution < 1.29 is 4.74 Å². The monoisotopic (exact) mass is 499 g/mol. The second-order valence-electron chi connectivity index (χ2n) is 11.2. The lowest BCUT2D eigenvalue weighted by molar-refractivity contribution is -0.0142. The van der Waals surface area contributed by atoms with Gasteiger partial charge >= 0.3 is 0 Å². The van der Waals surface area contributed by atoms with Gasteiger partial charge in [-0.3, -0.25) is 9.80 Å². The molecule has 0 aromatic heterocycles. The fourth-order valence-electron chi connectivity index (χ4n) is 6.75. The molecule has 5 aliphatic heterocycles. The molecule has 0 radical (unpaired) electrons. The van der Waals surface area contributed by atoms with Crippen LogP contribution in [0, 0.1) is 17.8 Å². The van der Waals surface area contributed by atoms with Gasteiger partial charge in [-0.15, -0.1) is 0 Å². The lowest BCUT2D eigenvalue weighted by Crippen LogP contribution is -2.59. The van der Waals surface area contributed by atoms with Crippen LogP contribution >= 0.6 is 12.2 Å². The van der Waals surface area contributed by atoms with Gasteiger partial charge in [-0.25, -0.2) is 0 Å². The number of nitrogens with one attached hydrogen (secondary N) is 2. The third kappa shape index (κ3) is 7.39. The minimum atomic E-state index is 0.639. The molecule has 5 saturated heterocycles. The van der Waals surface area contributed by atoms with Gasteiger partial charge in [0.25, 0.3) is 0 Å². The van der Waals surface area contributed by atoms with Gasteiger partial charge in [0.2, 0.25) is 0 Å². The van der Waals surface area contributed by atoms with Crippen molar-refractivity contribution >= 4 is 17.3 Å². The summed E-state index contributed by atoms with van der Waals surface area (Å²) in [5.74, 6) is 2.60. The molecule has 5 aliphatic rings. The van der Waals surface area contributed by atoms with Crippen LogP contribution in [0.3, 0.4) is 0 Å². The molecule has 1 aromatic rings. The maximum Gasteiger partial charge on any atom is 0.166 e. The molecule has 4 atom stereocenters. The second kappa shape index (κ2) is 12.8.